The normalized spacial score (nSPS) is 20.2. The van der Waals surface area contributed by atoms with Crippen LogP contribution in [0.2, 0.25) is 0 Å². The summed E-state index contributed by atoms with van der Waals surface area (Å²) in [4.78, 5) is 10.8. The van der Waals surface area contributed by atoms with Crippen LogP contribution in [-0.4, -0.2) is 24.4 Å². The van der Waals surface area contributed by atoms with E-state index in [1.165, 1.54) is 12.1 Å². The number of hydrogen-bond donors (Lipinski definition) is 1. The topological polar surface area (TPSA) is 47.9 Å². The number of fused-ring (bicyclic) bond motifs is 1. The SMILES string of the molecule is CCOCC1C=C2CC(C(O)(Cc3cccc(F)c3)c3ccccc3)=CC=C2OO1. The molecular weight excluding hydrogens is 383 g/mol. The monoisotopic (exact) mass is 408 g/mol. The van der Waals surface area contributed by atoms with Crippen LogP contribution in [0, 0.1) is 5.82 Å². The molecule has 1 aliphatic carbocycles. The Kier molecular flexibility index (Phi) is 6.13. The van der Waals surface area contributed by atoms with Gasteiger partial charge in [0.2, 0.25) is 0 Å². The van der Waals surface area contributed by atoms with Crippen molar-refractivity contribution in [3.63, 3.8) is 0 Å². The predicted octanol–water partition coefficient (Wildman–Crippen LogP) is 4.76. The standard InChI is InChI=1S/C25H25FO4/c1-2-28-17-23-15-19-14-21(11-12-24(19)30-29-23)25(27,20-8-4-3-5-9-20)16-18-7-6-10-22(26)13-18/h3-13,15,23,27H,2,14,16-17H2,1H3. The van der Waals surface area contributed by atoms with Crippen LogP contribution in [0.3, 0.4) is 0 Å². The summed E-state index contributed by atoms with van der Waals surface area (Å²) in [7, 11) is 0. The van der Waals surface area contributed by atoms with Crippen molar-refractivity contribution in [2.45, 2.75) is 31.5 Å². The largest absolute Gasteiger partial charge is 0.380 e. The summed E-state index contributed by atoms with van der Waals surface area (Å²) in [6.07, 6.45) is 6.11. The quantitative estimate of drug-likeness (QED) is 0.671. The summed E-state index contributed by atoms with van der Waals surface area (Å²) in [5.74, 6) is 0.315. The number of aliphatic hydroxyl groups is 1. The van der Waals surface area contributed by atoms with Crippen molar-refractivity contribution in [3.05, 3.63) is 107 Å². The zero-order chi connectivity index (χ0) is 21.0. The van der Waals surface area contributed by atoms with E-state index in [2.05, 4.69) is 0 Å². The molecule has 1 N–H and O–H groups in total. The molecule has 0 radical (unpaired) electrons. The molecular formula is C25H25FO4. The lowest BCUT2D eigenvalue weighted by Crippen LogP contribution is -2.33. The van der Waals surface area contributed by atoms with E-state index in [-0.39, 0.29) is 18.3 Å². The Balaban J connectivity index is 1.68. The van der Waals surface area contributed by atoms with Gasteiger partial charge in [-0.05, 0) is 47.9 Å². The van der Waals surface area contributed by atoms with Gasteiger partial charge in [0.05, 0.1) is 6.61 Å². The molecule has 0 bridgehead atoms. The summed E-state index contributed by atoms with van der Waals surface area (Å²) >= 11 is 0. The highest BCUT2D eigenvalue weighted by Crippen LogP contribution is 2.41. The van der Waals surface area contributed by atoms with Crippen LogP contribution < -0.4 is 0 Å². The molecule has 156 valence electrons. The van der Waals surface area contributed by atoms with Crippen molar-refractivity contribution in [2.24, 2.45) is 0 Å². The highest BCUT2D eigenvalue weighted by atomic mass is 19.1. The number of ether oxygens (including phenoxy) is 1. The highest BCUT2D eigenvalue weighted by molar-refractivity contribution is 5.47. The van der Waals surface area contributed by atoms with E-state index in [0.717, 1.165) is 22.3 Å². The van der Waals surface area contributed by atoms with E-state index in [1.54, 1.807) is 12.1 Å². The molecule has 2 unspecified atom stereocenters. The highest BCUT2D eigenvalue weighted by Gasteiger charge is 2.37. The summed E-state index contributed by atoms with van der Waals surface area (Å²) in [5, 5.41) is 11.9. The molecule has 4 rings (SSSR count). The van der Waals surface area contributed by atoms with E-state index < -0.39 is 5.60 Å². The minimum atomic E-state index is -1.29. The van der Waals surface area contributed by atoms with Crippen molar-refractivity contribution in [3.8, 4) is 0 Å². The third-order valence-electron chi connectivity index (χ3n) is 5.40. The van der Waals surface area contributed by atoms with Crippen molar-refractivity contribution >= 4 is 0 Å². The first-order valence-electron chi connectivity index (χ1n) is 10.1. The maximum absolute atomic E-state index is 13.8. The lowest BCUT2D eigenvalue weighted by Gasteiger charge is -2.35. The summed E-state index contributed by atoms with van der Waals surface area (Å²) in [6.45, 7) is 2.92. The van der Waals surface area contributed by atoms with Gasteiger partial charge in [0.15, 0.2) is 5.76 Å². The van der Waals surface area contributed by atoms with Gasteiger partial charge in [0, 0.05) is 25.0 Å². The molecule has 1 heterocycles. The van der Waals surface area contributed by atoms with Crippen LogP contribution in [0.4, 0.5) is 4.39 Å². The van der Waals surface area contributed by atoms with E-state index in [4.69, 9.17) is 14.5 Å². The molecule has 2 atom stereocenters. The van der Waals surface area contributed by atoms with Crippen LogP contribution >= 0.6 is 0 Å². The molecule has 0 spiro atoms. The fourth-order valence-corrected chi connectivity index (χ4v) is 3.87. The van der Waals surface area contributed by atoms with E-state index in [0.29, 0.717) is 25.4 Å². The second kappa shape index (κ2) is 8.96. The van der Waals surface area contributed by atoms with Crippen LogP contribution in [0.5, 0.6) is 0 Å². The smallest absolute Gasteiger partial charge is 0.168 e. The van der Waals surface area contributed by atoms with Gasteiger partial charge in [-0.25, -0.2) is 4.39 Å². The Bertz CT molecular complexity index is 980. The third kappa shape index (κ3) is 4.38. The first kappa shape index (κ1) is 20.5. The van der Waals surface area contributed by atoms with Gasteiger partial charge in [-0.2, -0.15) is 4.89 Å². The van der Waals surface area contributed by atoms with Gasteiger partial charge in [0.25, 0.3) is 0 Å². The Morgan fingerprint density at radius 2 is 1.97 bits per heavy atom. The van der Waals surface area contributed by atoms with E-state index in [1.807, 2.05) is 55.5 Å². The minimum Gasteiger partial charge on any atom is -0.380 e. The molecule has 2 aliphatic rings. The van der Waals surface area contributed by atoms with Gasteiger partial charge < -0.3 is 14.7 Å². The van der Waals surface area contributed by atoms with Gasteiger partial charge >= 0.3 is 0 Å². The predicted molar refractivity (Wildman–Crippen MR) is 112 cm³/mol. The molecule has 0 saturated carbocycles. The molecule has 5 heteroatoms. The first-order chi connectivity index (χ1) is 14.6. The third-order valence-corrected chi connectivity index (χ3v) is 5.40. The van der Waals surface area contributed by atoms with Gasteiger partial charge in [-0.3, -0.25) is 0 Å². The van der Waals surface area contributed by atoms with Crippen LogP contribution in [0.1, 0.15) is 24.5 Å². The first-order valence-corrected chi connectivity index (χ1v) is 10.1. The molecule has 30 heavy (non-hydrogen) atoms. The number of hydrogen-bond acceptors (Lipinski definition) is 4. The minimum absolute atomic E-state index is 0.261. The zero-order valence-corrected chi connectivity index (χ0v) is 16.9. The second-order valence-electron chi connectivity index (χ2n) is 7.50. The van der Waals surface area contributed by atoms with Crippen LogP contribution in [0.15, 0.2) is 89.7 Å². The molecule has 0 saturated heterocycles. The molecule has 2 aromatic rings. The number of rotatable bonds is 7. The molecule has 1 aliphatic heterocycles. The maximum Gasteiger partial charge on any atom is 0.168 e. The Morgan fingerprint density at radius 3 is 2.73 bits per heavy atom. The van der Waals surface area contributed by atoms with Crippen molar-refractivity contribution in [2.75, 3.05) is 13.2 Å². The van der Waals surface area contributed by atoms with Crippen LogP contribution in [0.25, 0.3) is 0 Å². The van der Waals surface area contributed by atoms with E-state index in [9.17, 15) is 9.50 Å². The lowest BCUT2D eigenvalue weighted by molar-refractivity contribution is -0.294. The molecule has 0 aromatic heterocycles. The fourth-order valence-electron chi connectivity index (χ4n) is 3.87. The second-order valence-corrected chi connectivity index (χ2v) is 7.50. The Hall–Kier alpha value is -2.73. The van der Waals surface area contributed by atoms with Crippen molar-refractivity contribution < 1.29 is 24.0 Å². The van der Waals surface area contributed by atoms with Gasteiger partial charge in [0.1, 0.15) is 17.5 Å². The molecule has 4 nitrogen and oxygen atoms in total. The van der Waals surface area contributed by atoms with Crippen LogP contribution in [-0.2, 0) is 26.5 Å². The van der Waals surface area contributed by atoms with Crippen molar-refractivity contribution in [1.29, 1.82) is 0 Å². The fraction of sp³-hybridized carbons (Fsp3) is 0.280. The summed E-state index contributed by atoms with van der Waals surface area (Å²) in [5.41, 5.74) is 1.96. The number of benzene rings is 2. The Morgan fingerprint density at radius 1 is 1.13 bits per heavy atom. The lowest BCUT2D eigenvalue weighted by atomic mass is 9.76. The van der Waals surface area contributed by atoms with Gasteiger partial charge in [-0.1, -0.05) is 48.5 Å². The molecule has 2 aromatic carbocycles. The average Bonchev–Trinajstić information content (AvgIpc) is 2.77. The van der Waals surface area contributed by atoms with E-state index >= 15 is 0 Å². The molecule has 0 fully saturated rings. The average molecular weight is 408 g/mol. The summed E-state index contributed by atoms with van der Waals surface area (Å²) < 4.78 is 19.2. The Labute approximate surface area is 175 Å². The summed E-state index contributed by atoms with van der Waals surface area (Å²) in [6, 6.07) is 15.9. The van der Waals surface area contributed by atoms with Gasteiger partial charge in [-0.15, -0.1) is 0 Å². The molecule has 0 amide bonds. The maximum atomic E-state index is 13.8. The number of allylic oxidation sites excluding steroid dienone is 3. The zero-order valence-electron chi connectivity index (χ0n) is 16.9. The van der Waals surface area contributed by atoms with Crippen molar-refractivity contribution in [1.82, 2.24) is 0 Å². The number of halogens is 1.